The summed E-state index contributed by atoms with van der Waals surface area (Å²) in [6.45, 7) is -0.426. The quantitative estimate of drug-likeness (QED) is 0.556. The third-order valence-corrected chi connectivity index (χ3v) is 5.73. The number of imide groups is 1. The molecule has 3 amide bonds. The Morgan fingerprint density at radius 1 is 1.10 bits per heavy atom. The molecule has 9 heteroatoms. The van der Waals surface area contributed by atoms with E-state index >= 15 is 0 Å². The van der Waals surface area contributed by atoms with E-state index in [1.54, 1.807) is 48.5 Å². The maximum atomic E-state index is 12.6. The highest BCUT2D eigenvalue weighted by Crippen LogP contribution is 2.32. The minimum absolute atomic E-state index is 0.0547. The van der Waals surface area contributed by atoms with Gasteiger partial charge in [0.1, 0.15) is 18.4 Å². The molecule has 0 atom stereocenters. The van der Waals surface area contributed by atoms with Crippen molar-refractivity contribution >= 4 is 67.5 Å². The number of hydrogen-bond acceptors (Lipinski definition) is 6. The zero-order chi connectivity index (χ0) is 21.3. The number of hydrogen-bond donors (Lipinski definition) is 1. The van der Waals surface area contributed by atoms with Gasteiger partial charge >= 0.3 is 0 Å². The molecule has 0 unspecified atom stereocenters. The van der Waals surface area contributed by atoms with Crippen LogP contribution >= 0.6 is 27.7 Å². The summed E-state index contributed by atoms with van der Waals surface area (Å²) in [4.78, 5) is 50.6. The number of carbonyl (C=O) groups excluding carboxylic acids is 3. The fraction of sp³-hybridized carbons (Fsp3) is 0.0476. The van der Waals surface area contributed by atoms with E-state index in [0.717, 1.165) is 9.37 Å². The highest BCUT2D eigenvalue weighted by Gasteiger charge is 2.36. The minimum Gasteiger partial charge on any atom is -0.463 e. The number of anilines is 1. The molecule has 1 aromatic heterocycles. The summed E-state index contributed by atoms with van der Waals surface area (Å²) < 4.78 is 6.29. The first-order valence-electron chi connectivity index (χ1n) is 8.74. The minimum atomic E-state index is -0.636. The van der Waals surface area contributed by atoms with Gasteiger partial charge in [0.2, 0.25) is 5.91 Å². The van der Waals surface area contributed by atoms with Gasteiger partial charge < -0.3 is 9.73 Å². The van der Waals surface area contributed by atoms with Gasteiger partial charge in [0.05, 0.1) is 15.9 Å². The summed E-state index contributed by atoms with van der Waals surface area (Å²) in [7, 11) is 0. The Hall–Kier alpha value is -3.17. The lowest BCUT2D eigenvalue weighted by atomic mass is 10.1. The van der Waals surface area contributed by atoms with Crippen LogP contribution in [0.3, 0.4) is 0 Å². The third kappa shape index (κ3) is 4.07. The van der Waals surface area contributed by atoms with E-state index in [4.69, 9.17) is 4.42 Å². The topological polar surface area (TPSA) is 96.7 Å². The van der Waals surface area contributed by atoms with E-state index in [2.05, 4.69) is 21.2 Å². The van der Waals surface area contributed by atoms with Crippen molar-refractivity contribution in [2.75, 3.05) is 11.9 Å². The Bertz CT molecular complexity index is 1270. The normalized spacial score (nSPS) is 15.2. The second kappa shape index (κ2) is 8.29. The number of thioether (sulfide) groups is 1. The first-order chi connectivity index (χ1) is 14.4. The highest BCUT2D eigenvalue weighted by molar-refractivity contribution is 9.10. The van der Waals surface area contributed by atoms with Crippen LogP contribution in [-0.4, -0.2) is 28.5 Å². The van der Waals surface area contributed by atoms with E-state index in [-0.39, 0.29) is 15.9 Å². The Morgan fingerprint density at radius 3 is 2.60 bits per heavy atom. The van der Waals surface area contributed by atoms with Crippen molar-refractivity contribution in [2.24, 2.45) is 0 Å². The monoisotopic (exact) mass is 484 g/mol. The Balaban J connectivity index is 1.52. The fourth-order valence-electron chi connectivity index (χ4n) is 2.85. The molecule has 4 rings (SSSR count). The van der Waals surface area contributed by atoms with Crippen molar-refractivity contribution < 1.29 is 18.8 Å². The molecule has 0 aliphatic carbocycles. The first kappa shape index (κ1) is 20.1. The average molecular weight is 485 g/mol. The Kier molecular flexibility index (Phi) is 5.56. The molecule has 1 aliphatic heterocycles. The van der Waals surface area contributed by atoms with E-state index < -0.39 is 23.6 Å². The number of amides is 3. The molecule has 1 saturated heterocycles. The van der Waals surface area contributed by atoms with Crippen molar-refractivity contribution in [3.63, 3.8) is 0 Å². The molecule has 2 heterocycles. The molecule has 0 spiro atoms. The number of para-hydroxylation sites is 1. The first-order valence-corrected chi connectivity index (χ1v) is 10.3. The lowest BCUT2D eigenvalue weighted by Gasteiger charge is -2.12. The Morgan fingerprint density at radius 2 is 1.83 bits per heavy atom. The van der Waals surface area contributed by atoms with Gasteiger partial charge in [-0.05, 0) is 54.2 Å². The van der Waals surface area contributed by atoms with Crippen molar-refractivity contribution in [1.82, 2.24) is 4.90 Å². The second-order valence-electron chi connectivity index (χ2n) is 6.34. The lowest BCUT2D eigenvalue weighted by Crippen LogP contribution is -2.36. The molecular weight excluding hydrogens is 472 g/mol. The summed E-state index contributed by atoms with van der Waals surface area (Å²) in [5.74, 6) is -1.14. The summed E-state index contributed by atoms with van der Waals surface area (Å²) in [6.07, 6.45) is 2.56. The predicted octanol–water partition coefficient (Wildman–Crippen LogP) is 4.23. The summed E-state index contributed by atoms with van der Waals surface area (Å²) in [5, 5.41) is 2.42. The van der Waals surface area contributed by atoms with Gasteiger partial charge in [0.25, 0.3) is 11.1 Å². The Labute approximate surface area is 182 Å². The fourth-order valence-corrected chi connectivity index (χ4v) is 3.94. The molecule has 0 radical (unpaired) electrons. The highest BCUT2D eigenvalue weighted by atomic mass is 79.9. The molecule has 7 nitrogen and oxygen atoms in total. The SMILES string of the molecule is O=C(CN1C(=O)S/C(=C\c2coc3ccccc3c2=O)C1=O)Nc1ccc(Br)cc1. The van der Waals surface area contributed by atoms with Crippen LogP contribution in [0.5, 0.6) is 0 Å². The number of fused-ring (bicyclic) bond motifs is 1. The largest absolute Gasteiger partial charge is 0.463 e. The van der Waals surface area contributed by atoms with E-state index in [9.17, 15) is 19.2 Å². The predicted molar refractivity (Wildman–Crippen MR) is 118 cm³/mol. The van der Waals surface area contributed by atoms with Crippen LogP contribution in [0.25, 0.3) is 17.0 Å². The molecule has 150 valence electrons. The number of nitrogens with zero attached hydrogens (tertiary/aromatic N) is 1. The van der Waals surface area contributed by atoms with E-state index in [1.165, 1.54) is 12.3 Å². The van der Waals surface area contributed by atoms with Gasteiger partial charge in [0, 0.05) is 10.2 Å². The molecule has 1 fully saturated rings. The van der Waals surface area contributed by atoms with Crippen LogP contribution in [0.15, 0.2) is 73.4 Å². The molecule has 2 aromatic carbocycles. The molecule has 3 aromatic rings. The lowest BCUT2D eigenvalue weighted by molar-refractivity contribution is -0.127. The molecular formula is C21H13BrN2O5S. The van der Waals surface area contributed by atoms with Crippen LogP contribution in [0, 0.1) is 0 Å². The van der Waals surface area contributed by atoms with Gasteiger partial charge in [-0.1, -0.05) is 28.1 Å². The molecule has 1 N–H and O–H groups in total. The van der Waals surface area contributed by atoms with Crippen LogP contribution < -0.4 is 10.7 Å². The number of benzene rings is 2. The maximum Gasteiger partial charge on any atom is 0.294 e. The maximum absolute atomic E-state index is 12.6. The van der Waals surface area contributed by atoms with Crippen LogP contribution in [0.4, 0.5) is 10.5 Å². The van der Waals surface area contributed by atoms with Gasteiger partial charge in [-0.25, -0.2) is 0 Å². The van der Waals surface area contributed by atoms with Gasteiger partial charge in [-0.15, -0.1) is 0 Å². The van der Waals surface area contributed by atoms with Crippen molar-refractivity contribution in [3.8, 4) is 0 Å². The van der Waals surface area contributed by atoms with Crippen molar-refractivity contribution in [3.05, 3.63) is 80.0 Å². The summed E-state index contributed by atoms with van der Waals surface area (Å²) in [5.41, 5.74) is 0.812. The van der Waals surface area contributed by atoms with Crippen LogP contribution in [0.1, 0.15) is 5.56 Å². The number of nitrogens with one attached hydrogen (secondary N) is 1. The molecule has 30 heavy (non-hydrogen) atoms. The number of rotatable bonds is 4. The summed E-state index contributed by atoms with van der Waals surface area (Å²) >= 11 is 3.97. The third-order valence-electron chi connectivity index (χ3n) is 4.30. The molecule has 0 bridgehead atoms. The average Bonchev–Trinajstić information content (AvgIpc) is 2.99. The van der Waals surface area contributed by atoms with Gasteiger partial charge in [-0.3, -0.25) is 24.1 Å². The zero-order valence-corrected chi connectivity index (χ0v) is 17.7. The van der Waals surface area contributed by atoms with Crippen molar-refractivity contribution in [1.29, 1.82) is 0 Å². The van der Waals surface area contributed by atoms with Crippen LogP contribution in [0.2, 0.25) is 0 Å². The molecule has 0 saturated carbocycles. The smallest absolute Gasteiger partial charge is 0.294 e. The van der Waals surface area contributed by atoms with Gasteiger partial charge in [0.15, 0.2) is 5.43 Å². The van der Waals surface area contributed by atoms with Crippen molar-refractivity contribution in [2.45, 2.75) is 0 Å². The summed E-state index contributed by atoms with van der Waals surface area (Å²) in [6, 6.07) is 13.6. The number of carbonyl (C=O) groups is 3. The number of halogens is 1. The molecule has 1 aliphatic rings. The van der Waals surface area contributed by atoms with Gasteiger partial charge in [-0.2, -0.15) is 0 Å². The van der Waals surface area contributed by atoms with Crippen LogP contribution in [-0.2, 0) is 9.59 Å². The second-order valence-corrected chi connectivity index (χ2v) is 8.25. The zero-order valence-electron chi connectivity index (χ0n) is 15.3. The van der Waals surface area contributed by atoms with E-state index in [1.807, 2.05) is 0 Å². The van der Waals surface area contributed by atoms with E-state index in [0.29, 0.717) is 28.4 Å². The standard InChI is InChI=1S/C21H13BrN2O5S/c22-13-5-7-14(8-6-13)23-18(25)10-24-20(27)17(30-21(24)28)9-12-11-29-16-4-2-1-3-15(16)19(12)26/h1-9,11H,10H2,(H,23,25)/b17-9-.